The summed E-state index contributed by atoms with van der Waals surface area (Å²) in [6.45, 7) is 10.1. The van der Waals surface area contributed by atoms with Gasteiger partial charge >= 0.3 is 37.9 Å². The van der Waals surface area contributed by atoms with E-state index in [4.69, 9.17) is 17.0 Å². The summed E-state index contributed by atoms with van der Waals surface area (Å²) in [5.41, 5.74) is 4.23. The Hall–Kier alpha value is 1.38. The fourth-order valence-corrected chi connectivity index (χ4v) is 14.0. The molecule has 0 aromatic carbocycles. The van der Waals surface area contributed by atoms with Crippen LogP contribution in [0.2, 0.25) is 31.7 Å². The van der Waals surface area contributed by atoms with Crippen molar-refractivity contribution in [2.24, 2.45) is 0 Å². The quantitative estimate of drug-likeness (QED) is 0.377. The van der Waals surface area contributed by atoms with Gasteiger partial charge in [0.2, 0.25) is 0 Å². The van der Waals surface area contributed by atoms with E-state index in [-0.39, 0.29) is 0 Å². The molecule has 4 rings (SSSR count). The molecule has 124 valence electrons. The van der Waals surface area contributed by atoms with Crippen LogP contribution in [-0.4, -0.2) is 16.1 Å². The fraction of sp³-hybridized carbons (Fsp3) is 0.263. The molecule has 0 spiro atoms. The van der Waals surface area contributed by atoms with E-state index in [1.807, 2.05) is 32.1 Å². The van der Waals surface area contributed by atoms with E-state index >= 15 is 0 Å². The predicted molar refractivity (Wildman–Crippen MR) is 109 cm³/mol. The van der Waals surface area contributed by atoms with Gasteiger partial charge in [-0.25, -0.2) is 0 Å². The van der Waals surface area contributed by atoms with Gasteiger partial charge in [0.25, 0.3) is 0 Å². The molecule has 0 N–H and O–H groups in total. The number of hydrogen-bond acceptors (Lipinski definition) is 0. The average Bonchev–Trinajstić information content (AvgIpc) is 3.28. The van der Waals surface area contributed by atoms with Crippen LogP contribution in [0.15, 0.2) is 23.4 Å². The zero-order chi connectivity index (χ0) is 17.8. The van der Waals surface area contributed by atoms with Crippen LogP contribution in [0.25, 0.3) is 0 Å². The van der Waals surface area contributed by atoms with E-state index in [1.165, 1.54) is 0 Å². The number of fused-ring (bicyclic) bond motifs is 2. The molecule has 1 unspecified atom stereocenters. The monoisotopic (exact) mass is 468 g/mol. The van der Waals surface area contributed by atoms with Crippen LogP contribution in [0, 0.1) is 62.4 Å². The van der Waals surface area contributed by atoms with Crippen LogP contribution in [0.1, 0.15) is 0 Å². The van der Waals surface area contributed by atoms with Crippen molar-refractivity contribution in [3.8, 4) is 0 Å². The van der Waals surface area contributed by atoms with Crippen LogP contribution in [0.3, 0.4) is 0 Å². The van der Waals surface area contributed by atoms with Gasteiger partial charge in [-0.15, -0.1) is 0 Å². The normalized spacial score (nSPS) is 29.4. The summed E-state index contributed by atoms with van der Waals surface area (Å²) in [5, 5.41) is 1.78. The number of allylic oxidation sites excluding steroid dienone is 4. The molecule has 2 saturated carbocycles. The first kappa shape index (κ1) is 21.7. The van der Waals surface area contributed by atoms with Gasteiger partial charge in [-0.2, -0.15) is 0 Å². The SMILES string of the molecule is C[Si]1(C)[C]2[CH][CH][CH][C]2[Si](C)(C)C2C=CC=C21.[CH]1[CH][CH][CH][CH]1.[Cl][Zr+2][Cl]. The van der Waals surface area contributed by atoms with Crippen molar-refractivity contribution in [3.05, 3.63) is 85.9 Å². The molecule has 0 aromatic heterocycles. The van der Waals surface area contributed by atoms with E-state index in [0.29, 0.717) is 0 Å². The van der Waals surface area contributed by atoms with Crippen LogP contribution < -0.4 is 0 Å². The maximum absolute atomic E-state index is 4.93. The van der Waals surface area contributed by atoms with Crippen LogP contribution in [-0.2, 0) is 20.8 Å². The van der Waals surface area contributed by atoms with Crippen molar-refractivity contribution < 1.29 is 20.8 Å². The topological polar surface area (TPSA) is 0 Å². The molecule has 10 radical (unpaired) electrons. The van der Waals surface area contributed by atoms with Crippen molar-refractivity contribution in [2.45, 2.75) is 31.7 Å². The summed E-state index contributed by atoms with van der Waals surface area (Å²) >= 11 is -0.826. The molecule has 4 aliphatic rings. The first-order valence-corrected chi connectivity index (χ1v) is 20.6. The van der Waals surface area contributed by atoms with Gasteiger partial charge in [0.05, 0.1) is 16.1 Å². The Kier molecular flexibility index (Phi) is 8.61. The van der Waals surface area contributed by atoms with Gasteiger partial charge in [0, 0.05) is 0 Å². The molecule has 0 amide bonds. The molecule has 0 nitrogen and oxygen atoms in total. The second-order valence-corrected chi connectivity index (χ2v) is 19.9. The Morgan fingerprint density at radius 1 is 0.833 bits per heavy atom. The molecule has 1 atom stereocenters. The summed E-state index contributed by atoms with van der Waals surface area (Å²) in [5.74, 6) is 0. The second kappa shape index (κ2) is 9.54. The number of rotatable bonds is 0. The van der Waals surface area contributed by atoms with Crippen molar-refractivity contribution in [3.63, 3.8) is 0 Å². The Bertz CT molecular complexity index is 462. The third kappa shape index (κ3) is 4.61. The Morgan fingerprint density at radius 2 is 1.33 bits per heavy atom. The summed E-state index contributed by atoms with van der Waals surface area (Å²) in [7, 11) is 7.23. The zero-order valence-electron chi connectivity index (χ0n) is 14.7. The van der Waals surface area contributed by atoms with Crippen LogP contribution >= 0.6 is 17.0 Å². The Balaban J connectivity index is 0.000000217. The average molecular weight is 471 g/mol. The van der Waals surface area contributed by atoms with Crippen molar-refractivity contribution >= 4 is 33.2 Å². The summed E-state index contributed by atoms with van der Waals surface area (Å²) in [4.78, 5) is 0. The third-order valence-electron chi connectivity index (χ3n) is 5.15. The molecule has 3 fully saturated rings. The predicted octanol–water partition coefficient (Wildman–Crippen LogP) is 6.07. The molecule has 24 heavy (non-hydrogen) atoms. The van der Waals surface area contributed by atoms with Gasteiger partial charge in [0.15, 0.2) is 0 Å². The summed E-state index contributed by atoms with van der Waals surface area (Å²) in [6, 6.07) is 0. The van der Waals surface area contributed by atoms with E-state index < -0.39 is 37.0 Å². The van der Waals surface area contributed by atoms with Crippen molar-refractivity contribution in [1.82, 2.24) is 0 Å². The standard InChI is InChI=1S/C14H19Si2.C5H5.2ClH.Zr/c1-15(2)11-7-5-9-13(11)16(3,4)14-10-6-8-12(14)15;1-2-4-5-3-1;;;/h5-11H,1-4H3;1-5H;2*1H;/q;;;;+4/p-2. The van der Waals surface area contributed by atoms with Gasteiger partial charge in [0.1, 0.15) is 0 Å². The Labute approximate surface area is 170 Å². The van der Waals surface area contributed by atoms with Crippen LogP contribution in [0.5, 0.6) is 0 Å². The second-order valence-electron chi connectivity index (χ2n) is 7.22. The minimum atomic E-state index is -1.34. The zero-order valence-corrected chi connectivity index (χ0v) is 20.7. The molecular weight excluding hydrogens is 447 g/mol. The number of hydrogen-bond donors (Lipinski definition) is 0. The minimum absolute atomic E-state index is 0.782. The summed E-state index contributed by atoms with van der Waals surface area (Å²) in [6.07, 6.45) is 24.3. The van der Waals surface area contributed by atoms with Gasteiger partial charge in [-0.05, 0) is 68.0 Å². The molecule has 5 heteroatoms. The molecule has 0 aromatic rings. The van der Waals surface area contributed by atoms with Crippen LogP contribution in [0.4, 0.5) is 0 Å². The third-order valence-corrected chi connectivity index (χ3v) is 13.3. The fourth-order valence-electron chi connectivity index (χ4n) is 3.87. The maximum atomic E-state index is 4.93. The number of halogens is 2. The van der Waals surface area contributed by atoms with E-state index in [2.05, 4.69) is 63.7 Å². The first-order valence-electron chi connectivity index (χ1n) is 8.15. The molecule has 0 bridgehead atoms. The van der Waals surface area contributed by atoms with Gasteiger partial charge in [-0.1, -0.05) is 49.6 Å². The molecule has 1 heterocycles. The summed E-state index contributed by atoms with van der Waals surface area (Å²) < 4.78 is 0. The Morgan fingerprint density at radius 3 is 1.88 bits per heavy atom. The van der Waals surface area contributed by atoms with E-state index in [1.54, 1.807) is 16.3 Å². The molecule has 1 aliphatic heterocycles. The molecule has 1 saturated heterocycles. The molecular formula is C19H24Cl2Si2Zr+2. The van der Waals surface area contributed by atoms with Gasteiger partial charge in [-0.3, -0.25) is 0 Å². The van der Waals surface area contributed by atoms with Gasteiger partial charge < -0.3 is 0 Å². The van der Waals surface area contributed by atoms with Crippen molar-refractivity contribution in [2.75, 3.05) is 0 Å². The first-order chi connectivity index (χ1) is 11.4. The van der Waals surface area contributed by atoms with E-state index in [9.17, 15) is 0 Å². The van der Waals surface area contributed by atoms with Crippen molar-refractivity contribution in [1.29, 1.82) is 0 Å². The molecule has 3 aliphatic carbocycles. The van der Waals surface area contributed by atoms with E-state index in [0.717, 1.165) is 5.54 Å².